The molecule has 0 bridgehead atoms. The molecule has 0 aromatic heterocycles. The molecule has 0 saturated heterocycles. The molecule has 0 heterocycles. The molecule has 0 unspecified atom stereocenters. The first-order chi connectivity index (χ1) is 9.38. The van der Waals surface area contributed by atoms with Crippen molar-refractivity contribution < 1.29 is 9.84 Å². The molecule has 0 aromatic carbocycles. The van der Waals surface area contributed by atoms with Crippen molar-refractivity contribution in [1.82, 2.24) is 4.90 Å². The fraction of sp³-hybridized carbons (Fsp3) is 0.500. The number of ether oxygens (including phenoxy) is 1. The molecule has 2 rings (SSSR count). The lowest BCUT2D eigenvalue weighted by Gasteiger charge is -2.23. The summed E-state index contributed by atoms with van der Waals surface area (Å²) in [7, 11) is 0. The van der Waals surface area contributed by atoms with Crippen LogP contribution in [0.4, 0.5) is 0 Å². The molecule has 19 heavy (non-hydrogen) atoms. The predicted molar refractivity (Wildman–Crippen MR) is 78.0 cm³/mol. The van der Waals surface area contributed by atoms with Crippen LogP contribution in [0.2, 0.25) is 0 Å². The van der Waals surface area contributed by atoms with E-state index in [0.717, 1.165) is 32.5 Å². The lowest BCUT2D eigenvalue weighted by molar-refractivity contribution is 0.0769. The van der Waals surface area contributed by atoms with Gasteiger partial charge in [-0.3, -0.25) is 4.90 Å². The lowest BCUT2D eigenvalue weighted by Crippen LogP contribution is -2.31. The molecule has 0 spiro atoms. The summed E-state index contributed by atoms with van der Waals surface area (Å²) in [5.41, 5.74) is 2.93. The first kappa shape index (κ1) is 14.3. The van der Waals surface area contributed by atoms with Gasteiger partial charge in [-0.05, 0) is 12.8 Å². The molecule has 0 radical (unpaired) electrons. The summed E-state index contributed by atoms with van der Waals surface area (Å²) < 4.78 is 5.38. The summed E-state index contributed by atoms with van der Waals surface area (Å²) in [6.45, 7) is 4.14. The van der Waals surface area contributed by atoms with E-state index < -0.39 is 0 Å². The van der Waals surface area contributed by atoms with E-state index in [4.69, 9.17) is 9.84 Å². The molecule has 3 nitrogen and oxygen atoms in total. The SMILES string of the molecule is OCCOCCN(CC1=CC=CC1)CC1=CC=CC1. The third-order valence-electron chi connectivity index (χ3n) is 3.34. The summed E-state index contributed by atoms with van der Waals surface area (Å²) in [5, 5.41) is 8.72. The Bertz CT molecular complexity index is 362. The minimum Gasteiger partial charge on any atom is -0.394 e. The van der Waals surface area contributed by atoms with E-state index in [1.807, 2.05) is 0 Å². The van der Waals surface area contributed by atoms with E-state index in [2.05, 4.69) is 41.4 Å². The molecule has 2 aliphatic carbocycles. The van der Waals surface area contributed by atoms with E-state index in [-0.39, 0.29) is 6.61 Å². The van der Waals surface area contributed by atoms with E-state index in [1.165, 1.54) is 11.1 Å². The molecule has 104 valence electrons. The zero-order valence-electron chi connectivity index (χ0n) is 11.4. The third kappa shape index (κ3) is 5.15. The summed E-state index contributed by atoms with van der Waals surface area (Å²) in [5.74, 6) is 0. The smallest absolute Gasteiger partial charge is 0.0698 e. The number of hydrogen-bond acceptors (Lipinski definition) is 3. The largest absolute Gasteiger partial charge is 0.394 e. The topological polar surface area (TPSA) is 32.7 Å². The normalized spacial score (nSPS) is 17.4. The van der Waals surface area contributed by atoms with Gasteiger partial charge in [0, 0.05) is 19.6 Å². The quantitative estimate of drug-likeness (QED) is 0.645. The van der Waals surface area contributed by atoms with Crippen molar-refractivity contribution in [1.29, 1.82) is 0 Å². The van der Waals surface area contributed by atoms with E-state index in [9.17, 15) is 0 Å². The molecular formula is C16H23NO2. The van der Waals surface area contributed by atoms with Crippen LogP contribution in [0, 0.1) is 0 Å². The minimum atomic E-state index is 0.101. The minimum absolute atomic E-state index is 0.101. The van der Waals surface area contributed by atoms with Crippen LogP contribution in [0.1, 0.15) is 12.8 Å². The average molecular weight is 261 g/mol. The Morgan fingerprint density at radius 3 is 2.11 bits per heavy atom. The number of aliphatic hydroxyl groups excluding tert-OH is 1. The van der Waals surface area contributed by atoms with Crippen LogP contribution in [0.3, 0.4) is 0 Å². The van der Waals surface area contributed by atoms with Gasteiger partial charge in [0.25, 0.3) is 0 Å². The zero-order valence-corrected chi connectivity index (χ0v) is 11.4. The monoisotopic (exact) mass is 261 g/mol. The van der Waals surface area contributed by atoms with Crippen LogP contribution in [-0.4, -0.2) is 49.5 Å². The Hall–Kier alpha value is -1.16. The van der Waals surface area contributed by atoms with E-state index in [0.29, 0.717) is 13.2 Å². The van der Waals surface area contributed by atoms with Gasteiger partial charge in [0.1, 0.15) is 0 Å². The third-order valence-corrected chi connectivity index (χ3v) is 3.34. The molecule has 1 N–H and O–H groups in total. The summed E-state index contributed by atoms with van der Waals surface area (Å²) in [6, 6.07) is 0. The maximum Gasteiger partial charge on any atom is 0.0698 e. The van der Waals surface area contributed by atoms with E-state index in [1.54, 1.807) is 0 Å². The fourth-order valence-electron chi connectivity index (χ4n) is 2.37. The van der Waals surface area contributed by atoms with Gasteiger partial charge in [0.05, 0.1) is 19.8 Å². The van der Waals surface area contributed by atoms with Gasteiger partial charge in [0.15, 0.2) is 0 Å². The molecule has 0 atom stereocenters. The van der Waals surface area contributed by atoms with E-state index >= 15 is 0 Å². The Labute approximate surface area is 115 Å². The first-order valence-electron chi connectivity index (χ1n) is 6.98. The summed E-state index contributed by atoms with van der Waals surface area (Å²) in [4.78, 5) is 2.43. The fourth-order valence-corrected chi connectivity index (χ4v) is 2.37. The van der Waals surface area contributed by atoms with Gasteiger partial charge < -0.3 is 9.84 Å². The average Bonchev–Trinajstić information content (AvgIpc) is 3.08. The van der Waals surface area contributed by atoms with Gasteiger partial charge in [-0.1, -0.05) is 47.6 Å². The molecule has 3 heteroatoms. The highest BCUT2D eigenvalue weighted by atomic mass is 16.5. The van der Waals surface area contributed by atoms with Crippen molar-refractivity contribution in [2.45, 2.75) is 12.8 Å². The molecule has 0 aromatic rings. The van der Waals surface area contributed by atoms with Gasteiger partial charge in [0.2, 0.25) is 0 Å². The number of nitrogens with zero attached hydrogens (tertiary/aromatic N) is 1. The highest BCUT2D eigenvalue weighted by Crippen LogP contribution is 2.16. The molecule has 2 aliphatic rings. The Morgan fingerprint density at radius 1 is 1.00 bits per heavy atom. The van der Waals surface area contributed by atoms with Gasteiger partial charge >= 0.3 is 0 Å². The highest BCUT2D eigenvalue weighted by molar-refractivity contribution is 5.26. The summed E-state index contributed by atoms with van der Waals surface area (Å²) in [6.07, 6.45) is 15.2. The van der Waals surface area contributed by atoms with Crippen LogP contribution < -0.4 is 0 Å². The van der Waals surface area contributed by atoms with Crippen molar-refractivity contribution >= 4 is 0 Å². The second-order valence-corrected chi connectivity index (χ2v) is 4.96. The molecule has 0 saturated carbocycles. The molecule has 0 aliphatic heterocycles. The Morgan fingerprint density at radius 2 is 1.63 bits per heavy atom. The standard InChI is InChI=1S/C16H23NO2/c18-10-12-19-11-9-17(13-15-5-1-2-6-15)14-16-7-3-4-8-16/h1-5,7,18H,6,8-14H2. The second kappa shape index (κ2) is 8.10. The van der Waals surface area contributed by atoms with Crippen LogP contribution in [0.5, 0.6) is 0 Å². The second-order valence-electron chi connectivity index (χ2n) is 4.96. The van der Waals surface area contributed by atoms with Crippen LogP contribution >= 0.6 is 0 Å². The molecular weight excluding hydrogens is 238 g/mol. The number of hydrogen-bond donors (Lipinski definition) is 1. The highest BCUT2D eigenvalue weighted by Gasteiger charge is 2.11. The maximum absolute atomic E-state index is 8.72. The van der Waals surface area contributed by atoms with Gasteiger partial charge in [-0.25, -0.2) is 0 Å². The molecule has 0 fully saturated rings. The summed E-state index contributed by atoms with van der Waals surface area (Å²) >= 11 is 0. The van der Waals surface area contributed by atoms with Crippen molar-refractivity contribution in [2.24, 2.45) is 0 Å². The maximum atomic E-state index is 8.72. The zero-order chi connectivity index (χ0) is 13.3. The van der Waals surface area contributed by atoms with Gasteiger partial charge in [-0.15, -0.1) is 0 Å². The van der Waals surface area contributed by atoms with Crippen LogP contribution in [0.15, 0.2) is 47.6 Å². The van der Waals surface area contributed by atoms with Crippen LogP contribution in [0.25, 0.3) is 0 Å². The first-order valence-corrected chi connectivity index (χ1v) is 6.98. The number of allylic oxidation sites excluding steroid dienone is 6. The molecule has 0 amide bonds. The van der Waals surface area contributed by atoms with Crippen molar-refractivity contribution in [3.8, 4) is 0 Å². The van der Waals surface area contributed by atoms with Crippen molar-refractivity contribution in [3.63, 3.8) is 0 Å². The number of aliphatic hydroxyl groups is 1. The number of rotatable bonds is 9. The predicted octanol–water partition coefficient (Wildman–Crippen LogP) is 2.07. The van der Waals surface area contributed by atoms with Crippen molar-refractivity contribution in [3.05, 3.63) is 47.6 Å². The van der Waals surface area contributed by atoms with Gasteiger partial charge in [-0.2, -0.15) is 0 Å². The van der Waals surface area contributed by atoms with Crippen LogP contribution in [-0.2, 0) is 4.74 Å². The Kier molecular flexibility index (Phi) is 6.08. The Balaban J connectivity index is 1.77. The lowest BCUT2D eigenvalue weighted by atomic mass is 10.2. The van der Waals surface area contributed by atoms with Crippen molar-refractivity contribution in [2.75, 3.05) is 39.5 Å².